The number of nitrogens with one attached hydrogen (secondary N) is 1. The fraction of sp³-hybridized carbons (Fsp3) is 0.320. The fourth-order valence-electron chi connectivity index (χ4n) is 3.43. The lowest BCUT2D eigenvalue weighted by molar-refractivity contribution is -0.113. The lowest BCUT2D eigenvalue weighted by atomic mass is 10.1. The first-order valence-corrected chi connectivity index (χ1v) is 14.0. The quantitative estimate of drug-likeness (QED) is 0.181. The van der Waals surface area contributed by atoms with E-state index < -0.39 is 12.1 Å². The summed E-state index contributed by atoms with van der Waals surface area (Å²) in [5, 5.41) is 12.1. The van der Waals surface area contributed by atoms with Gasteiger partial charge in [-0.15, -0.1) is 28.1 Å². The molecule has 13 heteroatoms. The second-order valence-corrected chi connectivity index (χ2v) is 11.1. The average Bonchev–Trinajstić information content (AvgIpc) is 3.43. The van der Waals surface area contributed by atoms with Crippen LogP contribution in [0.3, 0.4) is 0 Å². The molecule has 2 amide bonds. The zero-order valence-corrected chi connectivity index (χ0v) is 24.8. The van der Waals surface area contributed by atoms with Gasteiger partial charge >= 0.3 is 5.97 Å². The number of anilines is 1. The van der Waals surface area contributed by atoms with Gasteiger partial charge in [-0.1, -0.05) is 33.8 Å². The number of amides is 2. The van der Waals surface area contributed by atoms with Crippen LogP contribution in [0.2, 0.25) is 0 Å². The number of esters is 1. The molecule has 0 bridgehead atoms. The number of benzene rings is 1. The van der Waals surface area contributed by atoms with Crippen LogP contribution in [0.4, 0.5) is 5.00 Å². The van der Waals surface area contributed by atoms with Gasteiger partial charge in [0.2, 0.25) is 5.91 Å². The molecule has 0 aliphatic carbocycles. The first-order chi connectivity index (χ1) is 18.1. The van der Waals surface area contributed by atoms with Crippen molar-refractivity contribution in [2.75, 3.05) is 32.3 Å². The predicted octanol–water partition coefficient (Wildman–Crippen LogP) is 4.96. The number of hydrogen-bond acceptors (Lipinski definition) is 9. The second-order valence-electron chi connectivity index (χ2n) is 8.24. The fourth-order valence-corrected chi connectivity index (χ4v) is 5.68. The van der Waals surface area contributed by atoms with E-state index in [1.54, 1.807) is 27.1 Å². The lowest BCUT2D eigenvalue weighted by Gasteiger charge is -2.15. The molecule has 3 aromatic rings. The summed E-state index contributed by atoms with van der Waals surface area (Å²) in [7, 11) is 4.49. The molecule has 0 aliphatic rings. The summed E-state index contributed by atoms with van der Waals surface area (Å²) in [5.74, 6) is -0.0106. The molecule has 1 atom stereocenters. The Balaban J connectivity index is 1.75. The van der Waals surface area contributed by atoms with E-state index in [9.17, 15) is 14.4 Å². The minimum absolute atomic E-state index is 0.00819. The van der Waals surface area contributed by atoms with E-state index in [1.807, 2.05) is 35.8 Å². The summed E-state index contributed by atoms with van der Waals surface area (Å²) >= 11 is 5.63. The van der Waals surface area contributed by atoms with Gasteiger partial charge in [-0.25, -0.2) is 4.79 Å². The summed E-state index contributed by atoms with van der Waals surface area (Å²) in [6.45, 7) is 7.75. The molecule has 0 saturated carbocycles. The topological polar surface area (TPSA) is 116 Å². The monoisotopic (exact) mass is 621 g/mol. The van der Waals surface area contributed by atoms with Gasteiger partial charge in [0.05, 0.1) is 23.3 Å². The van der Waals surface area contributed by atoms with Crippen molar-refractivity contribution in [3.8, 4) is 5.75 Å². The van der Waals surface area contributed by atoms with Crippen LogP contribution in [0.5, 0.6) is 5.75 Å². The standard InChI is InChI=1S/C25H28BrN5O5S2/c1-7-12-31-21(15(3)36-17-10-8-16(26)9-11-17)28-29-25(31)37-13-18(32)27-22-19(24(34)35-6)14(2)20(38-22)23(33)30(4)5/h7-11,15H,1,12-13H2,2-6H3,(H,27,32). The second kappa shape index (κ2) is 13.1. The van der Waals surface area contributed by atoms with Crippen LogP contribution in [0.1, 0.15) is 44.4 Å². The van der Waals surface area contributed by atoms with Gasteiger partial charge in [0.15, 0.2) is 17.1 Å². The van der Waals surface area contributed by atoms with Crippen LogP contribution in [-0.4, -0.2) is 64.4 Å². The summed E-state index contributed by atoms with van der Waals surface area (Å²) in [6, 6.07) is 7.47. The summed E-state index contributed by atoms with van der Waals surface area (Å²) in [6.07, 6.45) is 1.31. The van der Waals surface area contributed by atoms with E-state index >= 15 is 0 Å². The van der Waals surface area contributed by atoms with Crippen molar-refractivity contribution < 1.29 is 23.9 Å². The number of carbonyl (C=O) groups excluding carboxylic acids is 3. The van der Waals surface area contributed by atoms with Gasteiger partial charge in [0, 0.05) is 25.1 Å². The third-order valence-corrected chi connectivity index (χ3v) is 7.96. The number of carbonyl (C=O) groups is 3. The van der Waals surface area contributed by atoms with Crippen molar-refractivity contribution >= 4 is 61.8 Å². The molecule has 3 rings (SSSR count). The Morgan fingerprint density at radius 1 is 1.26 bits per heavy atom. The predicted molar refractivity (Wildman–Crippen MR) is 151 cm³/mol. The van der Waals surface area contributed by atoms with E-state index in [-0.39, 0.29) is 28.1 Å². The van der Waals surface area contributed by atoms with Gasteiger partial charge < -0.3 is 19.7 Å². The molecule has 2 heterocycles. The van der Waals surface area contributed by atoms with Crippen molar-refractivity contribution in [2.45, 2.75) is 31.7 Å². The van der Waals surface area contributed by atoms with E-state index in [0.717, 1.165) is 15.8 Å². The Labute approximate surface area is 237 Å². The molecule has 0 aliphatic heterocycles. The molecule has 1 aromatic carbocycles. The van der Waals surface area contributed by atoms with E-state index in [0.29, 0.717) is 33.7 Å². The summed E-state index contributed by atoms with van der Waals surface area (Å²) in [4.78, 5) is 39.6. The molecular formula is C25H28BrN5O5S2. The largest absolute Gasteiger partial charge is 0.483 e. The molecule has 10 nitrogen and oxygen atoms in total. The first-order valence-electron chi connectivity index (χ1n) is 11.4. The molecule has 0 radical (unpaired) electrons. The third-order valence-electron chi connectivity index (χ3n) is 5.27. The Morgan fingerprint density at radius 3 is 2.55 bits per heavy atom. The normalized spacial score (nSPS) is 11.5. The van der Waals surface area contributed by atoms with Gasteiger partial charge in [0.1, 0.15) is 10.8 Å². The lowest BCUT2D eigenvalue weighted by Crippen LogP contribution is -2.21. The van der Waals surface area contributed by atoms with Crippen molar-refractivity contribution in [3.05, 3.63) is 63.2 Å². The number of halogens is 1. The van der Waals surface area contributed by atoms with Gasteiger partial charge in [0.25, 0.3) is 5.91 Å². The number of aromatic nitrogens is 3. The highest BCUT2D eigenvalue weighted by Gasteiger charge is 2.27. The first kappa shape index (κ1) is 29.4. The van der Waals surface area contributed by atoms with Crippen molar-refractivity contribution in [1.82, 2.24) is 19.7 Å². The molecule has 0 spiro atoms. The van der Waals surface area contributed by atoms with Crippen LogP contribution < -0.4 is 10.1 Å². The zero-order chi connectivity index (χ0) is 28.0. The zero-order valence-electron chi connectivity index (χ0n) is 21.6. The molecular weight excluding hydrogens is 594 g/mol. The van der Waals surface area contributed by atoms with Crippen molar-refractivity contribution in [3.63, 3.8) is 0 Å². The third kappa shape index (κ3) is 6.83. The van der Waals surface area contributed by atoms with Crippen LogP contribution in [0.25, 0.3) is 0 Å². The minimum Gasteiger partial charge on any atom is -0.483 e. The van der Waals surface area contributed by atoms with Crippen LogP contribution in [0, 0.1) is 6.92 Å². The maximum atomic E-state index is 12.9. The average molecular weight is 623 g/mol. The smallest absolute Gasteiger partial charge is 0.341 e. The minimum atomic E-state index is -0.630. The van der Waals surface area contributed by atoms with Gasteiger partial charge in [-0.2, -0.15) is 0 Å². The Hall–Kier alpha value is -3.16. The number of nitrogens with zero attached hydrogens (tertiary/aromatic N) is 4. The van der Waals surface area contributed by atoms with Crippen molar-refractivity contribution in [1.29, 1.82) is 0 Å². The number of thioether (sulfide) groups is 1. The Morgan fingerprint density at radius 2 is 1.95 bits per heavy atom. The van der Waals surface area contributed by atoms with Crippen LogP contribution in [-0.2, 0) is 16.1 Å². The van der Waals surface area contributed by atoms with Crippen LogP contribution in [0.15, 0.2) is 46.5 Å². The number of methoxy groups -OCH3 is 1. The highest BCUT2D eigenvalue weighted by atomic mass is 79.9. The molecule has 0 saturated heterocycles. The van der Waals surface area contributed by atoms with E-state index in [2.05, 4.69) is 38.0 Å². The van der Waals surface area contributed by atoms with Gasteiger partial charge in [-0.3, -0.25) is 14.2 Å². The number of allylic oxidation sites excluding steroid dienone is 1. The van der Waals surface area contributed by atoms with Crippen molar-refractivity contribution in [2.24, 2.45) is 0 Å². The highest BCUT2D eigenvalue weighted by Crippen LogP contribution is 2.34. The Bertz CT molecular complexity index is 1340. The van der Waals surface area contributed by atoms with Crippen LogP contribution >= 0.6 is 39.0 Å². The summed E-state index contributed by atoms with van der Waals surface area (Å²) in [5.41, 5.74) is 0.621. The molecule has 2 aromatic heterocycles. The number of hydrogen-bond donors (Lipinski definition) is 1. The number of thiophene rings is 1. The molecule has 1 unspecified atom stereocenters. The SMILES string of the molecule is C=CCn1c(SCC(=O)Nc2sc(C(=O)N(C)C)c(C)c2C(=O)OC)nnc1C(C)Oc1ccc(Br)cc1. The van der Waals surface area contributed by atoms with E-state index in [1.165, 1.54) is 23.8 Å². The Kier molecular flexibility index (Phi) is 10.1. The molecule has 1 N–H and O–H groups in total. The van der Waals surface area contributed by atoms with E-state index in [4.69, 9.17) is 9.47 Å². The maximum Gasteiger partial charge on any atom is 0.341 e. The maximum absolute atomic E-state index is 12.9. The molecule has 0 fully saturated rings. The number of ether oxygens (including phenoxy) is 2. The summed E-state index contributed by atoms with van der Waals surface area (Å²) < 4.78 is 13.7. The van der Waals surface area contributed by atoms with Gasteiger partial charge in [-0.05, 0) is 43.7 Å². The highest BCUT2D eigenvalue weighted by molar-refractivity contribution is 9.10. The number of rotatable bonds is 11. The molecule has 38 heavy (non-hydrogen) atoms. The molecule has 202 valence electrons.